The molecule has 0 radical (unpaired) electrons. The van der Waals surface area contributed by atoms with Crippen molar-refractivity contribution < 1.29 is 19.5 Å². The third kappa shape index (κ3) is 12.6. The Morgan fingerprint density at radius 1 is 0.613 bits per heavy atom. The number of halogens is 1. The fraction of sp³-hybridized carbons (Fsp3) is 0.357. The van der Waals surface area contributed by atoms with Gasteiger partial charge >= 0.3 is 0 Å². The van der Waals surface area contributed by atoms with Crippen LogP contribution in [0.4, 0.5) is 23.3 Å². The van der Waals surface area contributed by atoms with Gasteiger partial charge in [0, 0.05) is 49.0 Å². The number of benzene rings is 4. The second kappa shape index (κ2) is 21.1. The van der Waals surface area contributed by atoms with Gasteiger partial charge in [-0.2, -0.15) is 0 Å². The highest BCUT2D eigenvalue weighted by atomic mass is 35.5. The molecule has 19 nitrogen and oxygen atoms in total. The molecule has 7 aromatic rings. The zero-order chi connectivity index (χ0) is 46.0. The van der Waals surface area contributed by atoms with E-state index in [0.29, 0.717) is 66.1 Å². The third-order valence-corrected chi connectivity index (χ3v) is 9.98. The Hall–Kier alpha value is -6.86. The minimum atomic E-state index is -0.470. The van der Waals surface area contributed by atoms with Gasteiger partial charge in [-0.05, 0) is 171 Å². The van der Waals surface area contributed by atoms with Gasteiger partial charge in [0.1, 0.15) is 22.2 Å². The van der Waals surface area contributed by atoms with E-state index in [2.05, 4.69) is 40.9 Å². The molecule has 3 aromatic heterocycles. The van der Waals surface area contributed by atoms with Gasteiger partial charge in [0.15, 0.2) is 0 Å². The van der Waals surface area contributed by atoms with Crippen molar-refractivity contribution in [1.82, 2.24) is 35.1 Å². The Bertz CT molecular complexity index is 2740. The second-order valence-electron chi connectivity index (χ2n) is 15.1. The summed E-state index contributed by atoms with van der Waals surface area (Å²) in [5.41, 5.74) is 17.4. The Kier molecular flexibility index (Phi) is 16.3. The number of nitro benzene ring substituents is 1. The maximum absolute atomic E-state index is 11.9. The normalized spacial score (nSPS) is 10.7. The summed E-state index contributed by atoms with van der Waals surface area (Å²) < 4.78 is 0. The first-order valence-electron chi connectivity index (χ1n) is 19.6. The van der Waals surface area contributed by atoms with Crippen LogP contribution in [0.2, 0.25) is 5.28 Å². The summed E-state index contributed by atoms with van der Waals surface area (Å²) in [5, 5.41) is 62.7. The maximum Gasteiger partial charge on any atom is 0.292 e. The minimum absolute atomic E-state index is 0.0156. The van der Waals surface area contributed by atoms with E-state index in [4.69, 9.17) is 17.3 Å². The first kappa shape index (κ1) is 47.8. The first-order chi connectivity index (χ1) is 29.2. The fourth-order valence-corrected chi connectivity index (χ4v) is 5.81. The van der Waals surface area contributed by atoms with Crippen LogP contribution in [0, 0.1) is 81.1 Å². The molecular weight excluding hydrogens is 816 g/mol. The molecular formula is C42H53ClN14O5. The number of rotatable bonds is 8. The van der Waals surface area contributed by atoms with Crippen LogP contribution in [0.3, 0.4) is 0 Å². The van der Waals surface area contributed by atoms with Gasteiger partial charge < -0.3 is 36.9 Å². The largest absolute Gasteiger partial charge is 0.594 e. The molecule has 3 heterocycles. The minimum Gasteiger partial charge on any atom is -0.594 e. The zero-order valence-electron chi connectivity index (χ0n) is 36.9. The van der Waals surface area contributed by atoms with Crippen LogP contribution in [0.25, 0.3) is 33.1 Å². The van der Waals surface area contributed by atoms with Crippen LogP contribution in [-0.4, -0.2) is 73.8 Å². The molecule has 7 rings (SSSR count). The average molecular weight is 869 g/mol. The number of aryl methyl sites for hydroxylation is 8. The molecule has 0 aliphatic carbocycles. The summed E-state index contributed by atoms with van der Waals surface area (Å²) in [6, 6.07) is 14.2. The first-order valence-corrected chi connectivity index (χ1v) is 20.0. The van der Waals surface area contributed by atoms with Crippen LogP contribution in [-0.2, 0) is 0 Å². The van der Waals surface area contributed by atoms with Crippen molar-refractivity contribution >= 4 is 68.0 Å². The Morgan fingerprint density at radius 2 is 0.984 bits per heavy atom. The number of nitrogens with one attached hydrogen (secondary N) is 2. The van der Waals surface area contributed by atoms with E-state index in [9.17, 15) is 25.7 Å². The lowest BCUT2D eigenvalue weighted by atomic mass is 10.1. The van der Waals surface area contributed by atoms with E-state index in [-0.39, 0.29) is 16.7 Å². The summed E-state index contributed by atoms with van der Waals surface area (Å²) in [6.45, 7) is 19.9. The predicted octanol–water partition coefficient (Wildman–Crippen LogP) is 5.88. The Labute approximate surface area is 364 Å². The van der Waals surface area contributed by atoms with E-state index < -0.39 is 4.92 Å². The monoisotopic (exact) mass is 868 g/mol. The molecule has 0 saturated heterocycles. The van der Waals surface area contributed by atoms with Gasteiger partial charge in [0.2, 0.25) is 0 Å². The van der Waals surface area contributed by atoms with E-state index >= 15 is 0 Å². The van der Waals surface area contributed by atoms with Crippen molar-refractivity contribution in [2.45, 2.75) is 68.7 Å². The van der Waals surface area contributed by atoms with E-state index in [1.807, 2.05) is 112 Å². The molecule has 0 saturated carbocycles. The van der Waals surface area contributed by atoms with Gasteiger partial charge in [-0.25, -0.2) is 15.0 Å². The van der Waals surface area contributed by atoms with Gasteiger partial charge in [-0.3, -0.25) is 10.1 Å². The van der Waals surface area contributed by atoms with Crippen molar-refractivity contribution in [2.75, 3.05) is 50.1 Å². The predicted molar refractivity (Wildman–Crippen MR) is 242 cm³/mol. The van der Waals surface area contributed by atoms with Gasteiger partial charge in [0.05, 0.1) is 15.1 Å². The number of likely N-dealkylation sites (N-methyl/N-ethyl adjacent to an activating group) is 1. The Balaban J connectivity index is 0.000000184. The molecule has 0 aliphatic heterocycles. The number of hydrogen-bond donors (Lipinski definition) is 3. The molecule has 0 aliphatic rings. The zero-order valence-corrected chi connectivity index (χ0v) is 37.6. The highest BCUT2D eigenvalue weighted by Crippen LogP contribution is 2.24. The highest BCUT2D eigenvalue weighted by molar-refractivity contribution is 6.28. The number of aromatic nitrogens is 9. The molecule has 328 valence electrons. The van der Waals surface area contributed by atoms with E-state index in [0.717, 1.165) is 64.0 Å². The van der Waals surface area contributed by atoms with Crippen molar-refractivity contribution in [3.63, 3.8) is 0 Å². The molecule has 0 atom stereocenters. The molecule has 0 fully saturated rings. The number of nitro groups is 1. The molecule has 4 N–H and O–H groups in total. The number of nitrogens with zero attached hydrogens (tertiary/aromatic N) is 11. The number of nitrogen functional groups attached to an aromatic ring is 1. The van der Waals surface area contributed by atoms with Crippen LogP contribution >= 0.6 is 11.6 Å². The van der Waals surface area contributed by atoms with Crippen molar-refractivity contribution in [1.29, 1.82) is 0 Å². The Morgan fingerprint density at radius 3 is 1.40 bits per heavy atom. The molecule has 4 aromatic carbocycles. The summed E-state index contributed by atoms with van der Waals surface area (Å²) in [6.07, 6.45) is 0.965. The summed E-state index contributed by atoms with van der Waals surface area (Å²) >= 11 is 5.57. The van der Waals surface area contributed by atoms with Crippen LogP contribution < -0.4 is 30.9 Å². The lowest BCUT2D eigenvalue weighted by Gasteiger charge is -2.10. The molecule has 0 amide bonds. The fourth-order valence-electron chi connectivity index (χ4n) is 5.65. The third-order valence-electron chi connectivity index (χ3n) is 9.82. The number of anilines is 3. The molecule has 62 heavy (non-hydrogen) atoms. The molecule has 0 spiro atoms. The second-order valence-corrected chi connectivity index (χ2v) is 15.4. The lowest BCUT2D eigenvalue weighted by molar-refractivity contribution is -0.643. The summed E-state index contributed by atoms with van der Waals surface area (Å²) in [4.78, 5) is 26.4. The topological polar surface area (TPSA) is 255 Å². The highest BCUT2D eigenvalue weighted by Gasteiger charge is 2.15. The lowest BCUT2D eigenvalue weighted by Crippen LogP contribution is -2.34. The average Bonchev–Trinajstić information content (AvgIpc) is 3.18. The number of fused-ring (bicyclic) bond motifs is 3. The van der Waals surface area contributed by atoms with Crippen LogP contribution in [0.1, 0.15) is 57.9 Å². The molecule has 20 heteroatoms. The smallest absolute Gasteiger partial charge is 0.292 e. The standard InChI is InChI=1S/C13H19N5O.C12H16N4O.C9H8ClN3O.C8H10N2O2/c1-9-7-11-12(8-10(9)2)18(19)16-13(15-11)14-5-6-17(3)4;1-4-5-13-12-14-10-6-8(2)9(3)7-11(10)16(17)15-12;1-5-3-7-8(4-6(5)2)13(14)12-9(10)11-7;1-5-3-7(9)8(10(11)12)4-6(5)2/h7-8H,5-6H2,1-4H3,(H,14,15,16);6-7H,4-5H2,1-3H3,(H,13,14,15);3-4H,1-2H3;3-4H,9H2,1-2H3. The van der Waals surface area contributed by atoms with Crippen molar-refractivity contribution in [3.05, 3.63) is 124 Å². The molecule has 0 unspecified atom stereocenters. The maximum atomic E-state index is 11.9. The van der Waals surface area contributed by atoms with Crippen molar-refractivity contribution in [2.24, 2.45) is 0 Å². The molecule has 0 bridgehead atoms. The van der Waals surface area contributed by atoms with Crippen LogP contribution in [0.5, 0.6) is 0 Å². The van der Waals surface area contributed by atoms with E-state index in [1.165, 1.54) is 6.07 Å². The quantitative estimate of drug-likeness (QED) is 0.0530. The van der Waals surface area contributed by atoms with Gasteiger partial charge in [-0.15, -0.1) is 0 Å². The van der Waals surface area contributed by atoms with Crippen LogP contribution in [0.15, 0.2) is 48.5 Å². The number of hydrogen-bond acceptors (Lipinski definition) is 15. The summed E-state index contributed by atoms with van der Waals surface area (Å²) in [5.74, 6) is 0.755. The van der Waals surface area contributed by atoms with Crippen molar-refractivity contribution in [3.8, 4) is 0 Å². The van der Waals surface area contributed by atoms with E-state index in [1.54, 1.807) is 12.1 Å². The summed E-state index contributed by atoms with van der Waals surface area (Å²) in [7, 11) is 3.98. The van der Waals surface area contributed by atoms with Gasteiger partial charge in [0.25, 0.3) is 39.4 Å². The van der Waals surface area contributed by atoms with Gasteiger partial charge in [-0.1, -0.05) is 6.92 Å². The number of nitrogens with two attached hydrogens (primary N) is 1. The SMILES string of the molecule is CCCNc1nc2cc(C)c(C)cc2[n+]([O-])n1.Cc1cc(N)c([N+](=O)[O-])cc1C.Cc1cc2nc(Cl)n[n+]([O-])c2cc1C.Cc1cc2nc(NCCN(C)C)n[n+]([O-])c2cc1C.